The molecule has 1 saturated heterocycles. The number of nitrogens with zero attached hydrogens (tertiary/aromatic N) is 6. The lowest BCUT2D eigenvalue weighted by atomic mass is 10.1. The van der Waals surface area contributed by atoms with Gasteiger partial charge in [0, 0.05) is 38.8 Å². The first-order valence-corrected chi connectivity index (χ1v) is 8.91. The number of piperazine rings is 1. The molecule has 0 aliphatic carbocycles. The maximum atomic E-state index is 12.7. The van der Waals surface area contributed by atoms with Crippen molar-refractivity contribution in [2.75, 3.05) is 36.8 Å². The highest BCUT2D eigenvalue weighted by Gasteiger charge is 2.31. The van der Waals surface area contributed by atoms with Gasteiger partial charge in [0.25, 0.3) is 5.91 Å². The maximum Gasteiger partial charge on any atom is 0.416 e. The van der Waals surface area contributed by atoms with Crippen LogP contribution in [0.15, 0.2) is 30.5 Å². The molecule has 29 heavy (non-hydrogen) atoms. The first kappa shape index (κ1) is 19.0. The van der Waals surface area contributed by atoms with E-state index < -0.39 is 11.7 Å². The highest BCUT2D eigenvalue weighted by molar-refractivity contribution is 5.94. The molecule has 152 valence electrons. The van der Waals surface area contributed by atoms with Gasteiger partial charge >= 0.3 is 6.18 Å². The number of anilines is 2. The fraction of sp³-hybridized carbons (Fsp3) is 0.333. The van der Waals surface area contributed by atoms with Gasteiger partial charge in [0.05, 0.1) is 17.1 Å². The number of hydrogen-bond acceptors (Lipinski definition) is 6. The van der Waals surface area contributed by atoms with E-state index in [2.05, 4.69) is 15.1 Å². The number of halogens is 3. The molecule has 11 heteroatoms. The third-order valence-corrected chi connectivity index (χ3v) is 4.92. The Bertz CT molecular complexity index is 1050. The number of carbonyl (C=O) groups is 1. The number of alkyl halides is 3. The second kappa shape index (κ2) is 6.90. The summed E-state index contributed by atoms with van der Waals surface area (Å²) in [4.78, 5) is 25.0. The minimum atomic E-state index is -4.43. The summed E-state index contributed by atoms with van der Waals surface area (Å²) in [5.74, 6) is 0.488. The Balaban J connectivity index is 1.45. The first-order valence-electron chi connectivity index (χ1n) is 8.91. The topological polar surface area (TPSA) is 93.2 Å². The number of nitrogens with two attached hydrogens (primary N) is 1. The Morgan fingerprint density at radius 2 is 1.72 bits per heavy atom. The van der Waals surface area contributed by atoms with E-state index in [0.29, 0.717) is 49.0 Å². The molecule has 0 unspecified atom stereocenters. The number of hydrogen-bond donors (Lipinski definition) is 1. The predicted octanol–water partition coefficient (Wildman–Crippen LogP) is 1.93. The Kier molecular flexibility index (Phi) is 4.52. The number of amides is 1. The molecular formula is C18H18F3N7O. The van der Waals surface area contributed by atoms with Gasteiger partial charge in [-0.2, -0.15) is 28.2 Å². The molecule has 3 heterocycles. The van der Waals surface area contributed by atoms with Crippen LogP contribution in [0.3, 0.4) is 0 Å². The fourth-order valence-electron chi connectivity index (χ4n) is 3.27. The van der Waals surface area contributed by atoms with E-state index in [9.17, 15) is 18.0 Å². The normalized spacial score (nSPS) is 15.2. The summed E-state index contributed by atoms with van der Waals surface area (Å²) in [5, 5.41) is 4.80. The summed E-state index contributed by atoms with van der Waals surface area (Å²) in [5.41, 5.74) is 6.06. The van der Waals surface area contributed by atoms with Crippen LogP contribution in [-0.4, -0.2) is 56.7 Å². The van der Waals surface area contributed by atoms with Gasteiger partial charge in [0.2, 0.25) is 5.95 Å². The predicted molar refractivity (Wildman–Crippen MR) is 100 cm³/mol. The number of rotatable bonds is 2. The third-order valence-electron chi connectivity index (χ3n) is 4.92. The van der Waals surface area contributed by atoms with Crippen LogP contribution in [0.5, 0.6) is 0 Å². The van der Waals surface area contributed by atoms with Crippen molar-refractivity contribution in [1.82, 2.24) is 24.6 Å². The van der Waals surface area contributed by atoms with Crippen molar-refractivity contribution >= 4 is 28.7 Å². The lowest BCUT2D eigenvalue weighted by molar-refractivity contribution is -0.137. The van der Waals surface area contributed by atoms with Gasteiger partial charge in [0.15, 0.2) is 5.65 Å². The largest absolute Gasteiger partial charge is 0.416 e. The summed E-state index contributed by atoms with van der Waals surface area (Å²) in [6, 6.07) is 4.25. The molecule has 1 aliphatic rings. The van der Waals surface area contributed by atoms with Crippen molar-refractivity contribution in [3.05, 3.63) is 41.6 Å². The molecule has 0 radical (unpaired) electrons. The molecule has 2 aromatic heterocycles. The third kappa shape index (κ3) is 3.55. The molecular weight excluding hydrogens is 387 g/mol. The van der Waals surface area contributed by atoms with Crippen molar-refractivity contribution < 1.29 is 18.0 Å². The zero-order valence-corrected chi connectivity index (χ0v) is 15.5. The molecule has 2 N–H and O–H groups in total. The Morgan fingerprint density at radius 1 is 1.07 bits per heavy atom. The van der Waals surface area contributed by atoms with Gasteiger partial charge in [-0.05, 0) is 24.3 Å². The van der Waals surface area contributed by atoms with E-state index in [1.807, 2.05) is 4.90 Å². The molecule has 0 saturated carbocycles. The minimum absolute atomic E-state index is 0.225. The molecule has 1 aromatic carbocycles. The van der Waals surface area contributed by atoms with Crippen molar-refractivity contribution in [3.8, 4) is 0 Å². The summed E-state index contributed by atoms with van der Waals surface area (Å²) in [7, 11) is 1.76. The number of fused-ring (bicyclic) bond motifs is 1. The van der Waals surface area contributed by atoms with Crippen molar-refractivity contribution in [3.63, 3.8) is 0 Å². The van der Waals surface area contributed by atoms with Crippen LogP contribution in [0.4, 0.5) is 24.9 Å². The van der Waals surface area contributed by atoms with Crippen LogP contribution in [0.25, 0.3) is 11.0 Å². The average Bonchev–Trinajstić information content (AvgIpc) is 3.08. The second-order valence-electron chi connectivity index (χ2n) is 6.77. The molecule has 8 nitrogen and oxygen atoms in total. The van der Waals surface area contributed by atoms with Crippen LogP contribution in [0, 0.1) is 0 Å². The highest BCUT2D eigenvalue weighted by atomic mass is 19.4. The van der Waals surface area contributed by atoms with E-state index in [4.69, 9.17) is 5.73 Å². The number of benzene rings is 1. The van der Waals surface area contributed by atoms with E-state index in [-0.39, 0.29) is 11.5 Å². The van der Waals surface area contributed by atoms with E-state index in [0.717, 1.165) is 12.1 Å². The smallest absolute Gasteiger partial charge is 0.383 e. The first-order chi connectivity index (χ1) is 13.7. The van der Waals surface area contributed by atoms with Crippen LogP contribution in [0.1, 0.15) is 15.9 Å². The molecule has 0 spiro atoms. The summed E-state index contributed by atoms with van der Waals surface area (Å²) in [6.45, 7) is 1.75. The number of nitrogen functional groups attached to an aromatic ring is 1. The lowest BCUT2D eigenvalue weighted by Crippen LogP contribution is -2.49. The Morgan fingerprint density at radius 3 is 2.34 bits per heavy atom. The Hall–Kier alpha value is -3.37. The molecule has 4 rings (SSSR count). The van der Waals surface area contributed by atoms with Gasteiger partial charge in [-0.15, -0.1) is 0 Å². The monoisotopic (exact) mass is 405 g/mol. The molecule has 0 bridgehead atoms. The number of aryl methyl sites for hydroxylation is 1. The maximum absolute atomic E-state index is 12.7. The quantitative estimate of drug-likeness (QED) is 0.700. The standard InChI is InChI=1S/C18H18F3N7O/c1-26-15-13(10-23-26)14(22)24-17(25-15)28-8-6-27(7-9-28)16(29)11-2-4-12(5-3-11)18(19,20)21/h2-5,10H,6-9H2,1H3,(H2,22,24,25). The zero-order chi connectivity index (χ0) is 20.8. The van der Waals surface area contributed by atoms with Crippen molar-refractivity contribution in [2.45, 2.75) is 6.18 Å². The van der Waals surface area contributed by atoms with E-state index in [1.54, 1.807) is 22.8 Å². The van der Waals surface area contributed by atoms with Gasteiger partial charge in [-0.1, -0.05) is 0 Å². The Labute approximate surface area is 163 Å². The van der Waals surface area contributed by atoms with Crippen LogP contribution in [0.2, 0.25) is 0 Å². The molecule has 1 fully saturated rings. The summed E-state index contributed by atoms with van der Waals surface area (Å²) in [6.07, 6.45) is -2.82. The van der Waals surface area contributed by atoms with Crippen LogP contribution < -0.4 is 10.6 Å². The van der Waals surface area contributed by atoms with E-state index in [1.165, 1.54) is 12.1 Å². The second-order valence-corrected chi connectivity index (χ2v) is 6.77. The number of carbonyl (C=O) groups excluding carboxylic acids is 1. The molecule has 1 amide bonds. The van der Waals surface area contributed by atoms with Crippen molar-refractivity contribution in [1.29, 1.82) is 0 Å². The molecule has 0 atom stereocenters. The lowest BCUT2D eigenvalue weighted by Gasteiger charge is -2.34. The minimum Gasteiger partial charge on any atom is -0.383 e. The number of aromatic nitrogens is 4. The average molecular weight is 405 g/mol. The molecule has 3 aromatic rings. The van der Waals surface area contributed by atoms with Gasteiger partial charge in [-0.25, -0.2) is 0 Å². The molecule has 1 aliphatic heterocycles. The SMILES string of the molecule is Cn1ncc2c(N)nc(N3CCN(C(=O)c4ccc(C(F)(F)F)cc4)CC3)nc21. The van der Waals surface area contributed by atoms with Crippen LogP contribution >= 0.6 is 0 Å². The highest BCUT2D eigenvalue weighted by Crippen LogP contribution is 2.29. The van der Waals surface area contributed by atoms with Gasteiger partial charge in [-0.3, -0.25) is 9.48 Å². The zero-order valence-electron chi connectivity index (χ0n) is 15.5. The van der Waals surface area contributed by atoms with Crippen LogP contribution in [-0.2, 0) is 13.2 Å². The summed E-state index contributed by atoms with van der Waals surface area (Å²) < 4.78 is 39.7. The van der Waals surface area contributed by atoms with E-state index >= 15 is 0 Å². The van der Waals surface area contributed by atoms with Crippen molar-refractivity contribution in [2.24, 2.45) is 7.05 Å². The van der Waals surface area contributed by atoms with Gasteiger partial charge < -0.3 is 15.5 Å². The van der Waals surface area contributed by atoms with Gasteiger partial charge in [0.1, 0.15) is 5.82 Å². The summed E-state index contributed by atoms with van der Waals surface area (Å²) >= 11 is 0. The fourth-order valence-corrected chi connectivity index (χ4v) is 3.27.